The van der Waals surface area contributed by atoms with Crippen molar-refractivity contribution >= 4 is 23.2 Å². The first-order valence-corrected chi connectivity index (χ1v) is 11.4. The van der Waals surface area contributed by atoms with Crippen molar-refractivity contribution < 1.29 is 22.8 Å². The molecule has 1 aromatic carbocycles. The molecule has 0 bridgehead atoms. The Morgan fingerprint density at radius 1 is 1.06 bits per heavy atom. The fourth-order valence-corrected chi connectivity index (χ4v) is 4.68. The molecule has 1 aliphatic heterocycles. The maximum Gasteiger partial charge on any atom is 0.416 e. The van der Waals surface area contributed by atoms with Crippen molar-refractivity contribution in [3.63, 3.8) is 0 Å². The van der Waals surface area contributed by atoms with Crippen molar-refractivity contribution in [2.24, 2.45) is 0 Å². The van der Waals surface area contributed by atoms with Gasteiger partial charge < -0.3 is 9.80 Å². The predicted molar refractivity (Wildman–Crippen MR) is 118 cm³/mol. The zero-order chi connectivity index (χ0) is 23.5. The van der Waals surface area contributed by atoms with Crippen molar-refractivity contribution in [3.8, 4) is 10.6 Å². The summed E-state index contributed by atoms with van der Waals surface area (Å²) >= 11 is 1.19. The van der Waals surface area contributed by atoms with Crippen LogP contribution in [0.25, 0.3) is 10.6 Å². The smallest absolute Gasteiger partial charge is 0.342 e. The third-order valence-corrected chi connectivity index (χ3v) is 6.78. The van der Waals surface area contributed by atoms with Crippen LogP contribution in [0.5, 0.6) is 0 Å². The van der Waals surface area contributed by atoms with Crippen LogP contribution in [0.3, 0.4) is 0 Å². The first kappa shape index (κ1) is 24.2. The van der Waals surface area contributed by atoms with Gasteiger partial charge in [-0.05, 0) is 32.9 Å². The number of rotatable bonds is 6. The Kier molecular flexibility index (Phi) is 7.55. The van der Waals surface area contributed by atoms with Crippen LogP contribution >= 0.6 is 11.3 Å². The Morgan fingerprint density at radius 3 is 2.19 bits per heavy atom. The lowest BCUT2D eigenvalue weighted by Crippen LogP contribution is -2.51. The number of piperazine rings is 1. The van der Waals surface area contributed by atoms with Gasteiger partial charge in [0.05, 0.1) is 17.8 Å². The van der Waals surface area contributed by atoms with E-state index in [0.29, 0.717) is 67.0 Å². The molecule has 10 heteroatoms. The van der Waals surface area contributed by atoms with Crippen molar-refractivity contribution in [1.29, 1.82) is 0 Å². The van der Waals surface area contributed by atoms with E-state index in [1.807, 2.05) is 13.8 Å². The molecule has 2 amide bonds. The van der Waals surface area contributed by atoms with E-state index in [4.69, 9.17) is 0 Å². The quantitative estimate of drug-likeness (QED) is 0.648. The third-order valence-electron chi connectivity index (χ3n) is 5.58. The summed E-state index contributed by atoms with van der Waals surface area (Å²) in [7, 11) is 0. The predicted octanol–water partition coefficient (Wildman–Crippen LogP) is 3.76. The Hall–Kier alpha value is -2.46. The Labute approximate surface area is 189 Å². The van der Waals surface area contributed by atoms with Gasteiger partial charge in [-0.25, -0.2) is 4.98 Å². The van der Waals surface area contributed by atoms with E-state index >= 15 is 0 Å². The van der Waals surface area contributed by atoms with Gasteiger partial charge in [-0.15, -0.1) is 11.3 Å². The minimum absolute atomic E-state index is 0.0919. The molecule has 2 heterocycles. The highest BCUT2D eigenvalue weighted by Gasteiger charge is 2.30. The van der Waals surface area contributed by atoms with E-state index < -0.39 is 11.7 Å². The van der Waals surface area contributed by atoms with E-state index in [1.165, 1.54) is 23.5 Å². The maximum absolute atomic E-state index is 13.0. The molecule has 6 nitrogen and oxygen atoms in total. The van der Waals surface area contributed by atoms with Crippen molar-refractivity contribution in [2.45, 2.75) is 26.9 Å². The number of likely N-dealkylation sites (N-methyl/N-ethyl adjacent to an activating group) is 1. The second kappa shape index (κ2) is 9.99. The van der Waals surface area contributed by atoms with Gasteiger partial charge in [0.1, 0.15) is 9.88 Å². The average Bonchev–Trinajstić information content (AvgIpc) is 3.15. The van der Waals surface area contributed by atoms with Gasteiger partial charge in [0.2, 0.25) is 5.91 Å². The molecule has 0 radical (unpaired) electrons. The molecule has 174 valence electrons. The number of carbonyl (C=O) groups excluding carboxylic acids is 2. The van der Waals surface area contributed by atoms with Gasteiger partial charge in [0, 0.05) is 44.8 Å². The van der Waals surface area contributed by atoms with Gasteiger partial charge in [-0.1, -0.05) is 12.1 Å². The van der Waals surface area contributed by atoms with Crippen LogP contribution in [0.4, 0.5) is 13.2 Å². The first-order chi connectivity index (χ1) is 15.1. The highest BCUT2D eigenvalue weighted by Crippen LogP contribution is 2.33. The number of thiazole rings is 1. The molecule has 0 N–H and O–H groups in total. The molecule has 1 aliphatic rings. The molecule has 3 rings (SSSR count). The number of hydrogen-bond donors (Lipinski definition) is 0. The topological polar surface area (TPSA) is 56.8 Å². The molecular formula is C22H27F3N4O2S. The molecule has 2 aromatic rings. The summed E-state index contributed by atoms with van der Waals surface area (Å²) in [6, 6.07) is 4.79. The SMILES string of the molecule is CCN(CC)C(=O)CN1CCN(C(=O)c2sc(-c3ccc(C(F)(F)F)cc3)nc2C)CC1. The van der Waals surface area contributed by atoms with Gasteiger partial charge in [-0.3, -0.25) is 14.5 Å². The van der Waals surface area contributed by atoms with E-state index in [9.17, 15) is 22.8 Å². The number of halogens is 3. The van der Waals surface area contributed by atoms with E-state index in [1.54, 1.807) is 16.7 Å². The molecule has 0 atom stereocenters. The van der Waals surface area contributed by atoms with Crippen molar-refractivity contribution in [3.05, 3.63) is 40.4 Å². The van der Waals surface area contributed by atoms with Gasteiger partial charge in [0.25, 0.3) is 5.91 Å². The number of alkyl halides is 3. The molecule has 1 fully saturated rings. The number of carbonyl (C=O) groups is 2. The van der Waals surface area contributed by atoms with Crippen molar-refractivity contribution in [2.75, 3.05) is 45.8 Å². The van der Waals surface area contributed by atoms with Crippen LogP contribution in [0, 0.1) is 6.92 Å². The highest BCUT2D eigenvalue weighted by molar-refractivity contribution is 7.17. The second-order valence-electron chi connectivity index (χ2n) is 7.64. The molecule has 0 unspecified atom stereocenters. The van der Waals surface area contributed by atoms with Crippen LogP contribution in [0.2, 0.25) is 0 Å². The molecule has 1 saturated heterocycles. The molecule has 0 saturated carbocycles. The van der Waals surface area contributed by atoms with E-state index in [2.05, 4.69) is 9.88 Å². The summed E-state index contributed by atoms with van der Waals surface area (Å²) in [4.78, 5) is 35.8. The number of aromatic nitrogens is 1. The average molecular weight is 469 g/mol. The lowest BCUT2D eigenvalue weighted by Gasteiger charge is -2.35. The zero-order valence-corrected chi connectivity index (χ0v) is 19.2. The standard InChI is InChI=1S/C22H27F3N4O2S/c1-4-28(5-2)18(30)14-27-10-12-29(13-11-27)21(31)19-15(3)26-20(32-19)16-6-8-17(9-7-16)22(23,24)25/h6-9H,4-5,10-14H2,1-3H3. The lowest BCUT2D eigenvalue weighted by atomic mass is 10.1. The highest BCUT2D eigenvalue weighted by atomic mass is 32.1. The fourth-order valence-electron chi connectivity index (χ4n) is 3.64. The maximum atomic E-state index is 13.0. The van der Waals surface area contributed by atoms with Gasteiger partial charge >= 0.3 is 6.18 Å². The van der Waals surface area contributed by atoms with Gasteiger partial charge in [0.15, 0.2) is 0 Å². The minimum atomic E-state index is -4.39. The summed E-state index contributed by atoms with van der Waals surface area (Å²) < 4.78 is 38.4. The molecular weight excluding hydrogens is 441 g/mol. The van der Waals surface area contributed by atoms with Gasteiger partial charge in [-0.2, -0.15) is 13.2 Å². The van der Waals surface area contributed by atoms with E-state index in [0.717, 1.165) is 12.1 Å². The van der Waals surface area contributed by atoms with Crippen LogP contribution in [-0.2, 0) is 11.0 Å². The van der Waals surface area contributed by atoms with Crippen molar-refractivity contribution in [1.82, 2.24) is 19.7 Å². The molecule has 0 aliphatic carbocycles. The molecule has 0 spiro atoms. The summed E-state index contributed by atoms with van der Waals surface area (Å²) in [6.07, 6.45) is -4.39. The van der Waals surface area contributed by atoms with E-state index in [-0.39, 0.29) is 11.8 Å². The minimum Gasteiger partial charge on any atom is -0.342 e. The summed E-state index contributed by atoms with van der Waals surface area (Å²) in [5.41, 5.74) is 0.391. The van der Waals surface area contributed by atoms with Crippen LogP contribution in [0.1, 0.15) is 34.8 Å². The number of hydrogen-bond acceptors (Lipinski definition) is 5. The molecule has 1 aromatic heterocycles. The third kappa shape index (κ3) is 5.47. The van der Waals surface area contributed by atoms with Crippen LogP contribution in [0.15, 0.2) is 24.3 Å². The number of amides is 2. The number of benzene rings is 1. The molecule has 32 heavy (non-hydrogen) atoms. The monoisotopic (exact) mass is 468 g/mol. The number of aryl methyl sites for hydroxylation is 1. The summed E-state index contributed by atoms with van der Waals surface area (Å²) in [5.74, 6) is -0.0397. The van der Waals surface area contributed by atoms with Crippen LogP contribution < -0.4 is 0 Å². The summed E-state index contributed by atoms with van der Waals surface area (Å²) in [5, 5.41) is 0.517. The Bertz CT molecular complexity index is 947. The first-order valence-electron chi connectivity index (χ1n) is 10.6. The largest absolute Gasteiger partial charge is 0.416 e. The second-order valence-corrected chi connectivity index (χ2v) is 8.64. The fraction of sp³-hybridized carbons (Fsp3) is 0.500. The lowest BCUT2D eigenvalue weighted by molar-refractivity contribution is -0.137. The normalized spacial score (nSPS) is 15.1. The van der Waals surface area contributed by atoms with Crippen LogP contribution in [-0.4, -0.2) is 77.3 Å². The number of nitrogens with zero attached hydrogens (tertiary/aromatic N) is 4. The Balaban J connectivity index is 1.63. The Morgan fingerprint density at radius 2 is 1.66 bits per heavy atom. The zero-order valence-electron chi connectivity index (χ0n) is 18.4. The summed E-state index contributed by atoms with van der Waals surface area (Å²) in [6.45, 7) is 9.60.